The van der Waals surface area contributed by atoms with Gasteiger partial charge in [0.15, 0.2) is 0 Å². The number of hydrogen-bond donors (Lipinski definition) is 1. The predicted molar refractivity (Wildman–Crippen MR) is 92.8 cm³/mol. The van der Waals surface area contributed by atoms with E-state index >= 15 is 0 Å². The quantitative estimate of drug-likeness (QED) is 0.876. The second-order valence-electron chi connectivity index (χ2n) is 6.83. The predicted octanol–water partition coefficient (Wildman–Crippen LogP) is 3.28. The maximum atomic E-state index is 12.4. The van der Waals surface area contributed by atoms with Gasteiger partial charge in [0, 0.05) is 48.1 Å². The van der Waals surface area contributed by atoms with Gasteiger partial charge in [-0.25, -0.2) is 4.79 Å². The molecule has 1 aromatic carbocycles. The van der Waals surface area contributed by atoms with Gasteiger partial charge in [0.25, 0.3) is 0 Å². The van der Waals surface area contributed by atoms with Gasteiger partial charge in [0.05, 0.1) is 12.7 Å². The van der Waals surface area contributed by atoms with Gasteiger partial charge in [-0.15, -0.1) is 0 Å². The number of H-pyrrole nitrogens is 1. The average Bonchev–Trinajstić information content (AvgIpc) is 2.95. The summed E-state index contributed by atoms with van der Waals surface area (Å²) in [4.78, 5) is 29.6. The van der Waals surface area contributed by atoms with Crippen LogP contribution in [0.3, 0.4) is 0 Å². The van der Waals surface area contributed by atoms with Gasteiger partial charge in [0.2, 0.25) is 5.91 Å². The fourth-order valence-electron chi connectivity index (χ4n) is 3.24. The highest BCUT2D eigenvalue weighted by atomic mass is 16.5. The van der Waals surface area contributed by atoms with Gasteiger partial charge in [-0.3, -0.25) is 4.79 Å². The van der Waals surface area contributed by atoms with Gasteiger partial charge in [0.1, 0.15) is 0 Å². The van der Waals surface area contributed by atoms with E-state index in [1.54, 1.807) is 6.07 Å². The zero-order valence-electron chi connectivity index (χ0n) is 14.5. The van der Waals surface area contributed by atoms with Crippen LogP contribution >= 0.6 is 0 Å². The summed E-state index contributed by atoms with van der Waals surface area (Å²) >= 11 is 0. The first kappa shape index (κ1) is 16.6. The van der Waals surface area contributed by atoms with Crippen molar-refractivity contribution in [3.05, 3.63) is 35.0 Å². The number of carbonyl (C=O) groups excluding carboxylic acids is 2. The van der Waals surface area contributed by atoms with Crippen LogP contribution in [0.1, 0.15) is 48.3 Å². The molecule has 0 fully saturated rings. The third kappa shape index (κ3) is 3.16. The van der Waals surface area contributed by atoms with Crippen molar-refractivity contribution >= 4 is 22.8 Å². The van der Waals surface area contributed by atoms with Crippen molar-refractivity contribution in [1.29, 1.82) is 0 Å². The average molecular weight is 328 g/mol. The molecule has 3 rings (SSSR count). The first-order chi connectivity index (χ1) is 11.5. The summed E-state index contributed by atoms with van der Waals surface area (Å²) < 4.78 is 4.81. The topological polar surface area (TPSA) is 62.4 Å². The van der Waals surface area contributed by atoms with Crippen molar-refractivity contribution in [3.63, 3.8) is 0 Å². The molecule has 0 unspecified atom stereocenters. The number of esters is 1. The van der Waals surface area contributed by atoms with Gasteiger partial charge in [-0.05, 0) is 30.5 Å². The van der Waals surface area contributed by atoms with Crippen molar-refractivity contribution in [2.45, 2.75) is 39.7 Å². The number of ether oxygens (including phenoxy) is 1. The smallest absolute Gasteiger partial charge is 0.337 e. The molecule has 2 heterocycles. The number of carbonyl (C=O) groups is 2. The van der Waals surface area contributed by atoms with Crippen molar-refractivity contribution in [2.24, 2.45) is 5.92 Å². The molecule has 0 spiro atoms. The van der Waals surface area contributed by atoms with E-state index in [-0.39, 0.29) is 11.9 Å². The van der Waals surface area contributed by atoms with Crippen molar-refractivity contribution in [3.8, 4) is 0 Å². The number of hydrogen-bond acceptors (Lipinski definition) is 3. The Morgan fingerprint density at radius 2 is 2.12 bits per heavy atom. The number of methoxy groups -OCH3 is 1. The van der Waals surface area contributed by atoms with Crippen LogP contribution in [0.5, 0.6) is 0 Å². The lowest BCUT2D eigenvalue weighted by molar-refractivity contribution is -0.132. The minimum atomic E-state index is -0.340. The maximum absolute atomic E-state index is 12.4. The van der Waals surface area contributed by atoms with Crippen LogP contribution in [0.4, 0.5) is 0 Å². The molecule has 1 aromatic heterocycles. The van der Waals surface area contributed by atoms with E-state index in [4.69, 9.17) is 4.74 Å². The SMILES string of the molecule is COC(=O)c1ccc2[nH]c3c(c2c1)CN(C(=O)CCC(C)C)CC3. The van der Waals surface area contributed by atoms with Crippen LogP contribution in [0.15, 0.2) is 18.2 Å². The number of amides is 1. The highest BCUT2D eigenvalue weighted by Gasteiger charge is 2.24. The Balaban J connectivity index is 1.86. The zero-order chi connectivity index (χ0) is 17.3. The summed E-state index contributed by atoms with van der Waals surface area (Å²) in [5.74, 6) is 0.408. The van der Waals surface area contributed by atoms with Crippen molar-refractivity contribution in [2.75, 3.05) is 13.7 Å². The van der Waals surface area contributed by atoms with Crippen molar-refractivity contribution < 1.29 is 14.3 Å². The Hall–Kier alpha value is -2.30. The lowest BCUT2D eigenvalue weighted by atomic mass is 10.0. The van der Waals surface area contributed by atoms with Crippen LogP contribution in [0.25, 0.3) is 10.9 Å². The molecule has 1 amide bonds. The number of aromatic nitrogens is 1. The first-order valence-corrected chi connectivity index (χ1v) is 8.49. The van der Waals surface area contributed by atoms with E-state index in [2.05, 4.69) is 18.8 Å². The van der Waals surface area contributed by atoms with Gasteiger partial charge in [-0.1, -0.05) is 13.8 Å². The zero-order valence-corrected chi connectivity index (χ0v) is 14.5. The third-order valence-corrected chi connectivity index (χ3v) is 4.68. The molecule has 24 heavy (non-hydrogen) atoms. The fourth-order valence-corrected chi connectivity index (χ4v) is 3.24. The first-order valence-electron chi connectivity index (χ1n) is 8.49. The lowest BCUT2D eigenvalue weighted by Crippen LogP contribution is -2.35. The minimum absolute atomic E-state index is 0.216. The Labute approximate surface area is 142 Å². The highest BCUT2D eigenvalue weighted by molar-refractivity contribution is 5.96. The van der Waals surface area contributed by atoms with Gasteiger partial charge in [-0.2, -0.15) is 0 Å². The molecule has 1 N–H and O–H groups in total. The molecule has 0 atom stereocenters. The lowest BCUT2D eigenvalue weighted by Gasteiger charge is -2.27. The van der Waals surface area contributed by atoms with E-state index in [0.717, 1.165) is 35.9 Å². The second kappa shape index (κ2) is 6.67. The van der Waals surface area contributed by atoms with Gasteiger partial charge >= 0.3 is 5.97 Å². The molecule has 0 saturated carbocycles. The molecular weight excluding hydrogens is 304 g/mol. The molecule has 5 nitrogen and oxygen atoms in total. The molecule has 2 aromatic rings. The maximum Gasteiger partial charge on any atom is 0.337 e. The third-order valence-electron chi connectivity index (χ3n) is 4.68. The van der Waals surface area contributed by atoms with E-state index in [1.165, 1.54) is 12.8 Å². The fraction of sp³-hybridized carbons (Fsp3) is 0.474. The van der Waals surface area contributed by atoms with Gasteiger partial charge < -0.3 is 14.6 Å². The molecule has 0 bridgehead atoms. The van der Waals surface area contributed by atoms with Crippen LogP contribution in [0.2, 0.25) is 0 Å². The summed E-state index contributed by atoms with van der Waals surface area (Å²) in [7, 11) is 1.38. The number of nitrogens with zero attached hydrogens (tertiary/aromatic N) is 1. The number of nitrogens with one attached hydrogen (secondary N) is 1. The summed E-state index contributed by atoms with van der Waals surface area (Å²) in [6, 6.07) is 5.53. The molecule has 0 aliphatic carbocycles. The van der Waals surface area contributed by atoms with Crippen LogP contribution in [-0.2, 0) is 22.5 Å². The number of rotatable bonds is 4. The van der Waals surface area contributed by atoms with Crippen LogP contribution in [0, 0.1) is 5.92 Å². The summed E-state index contributed by atoms with van der Waals surface area (Å²) in [6.45, 7) is 5.63. The molecule has 5 heteroatoms. The molecule has 0 saturated heterocycles. The Kier molecular flexibility index (Phi) is 4.60. The standard InChI is InChI=1S/C19H24N2O3/c1-12(2)4-7-18(22)21-9-8-17-15(11-21)14-10-13(19(23)24-3)5-6-16(14)20-17/h5-6,10,12,20H,4,7-9,11H2,1-3H3. The highest BCUT2D eigenvalue weighted by Crippen LogP contribution is 2.29. The Morgan fingerprint density at radius 1 is 1.33 bits per heavy atom. The Bertz CT molecular complexity index is 776. The van der Waals surface area contributed by atoms with Crippen molar-refractivity contribution in [1.82, 2.24) is 9.88 Å². The number of benzene rings is 1. The molecule has 1 aliphatic rings. The van der Waals surface area contributed by atoms with E-state index in [1.807, 2.05) is 17.0 Å². The summed E-state index contributed by atoms with van der Waals surface area (Å²) in [5, 5.41) is 1.01. The second-order valence-corrected chi connectivity index (χ2v) is 6.83. The molecule has 128 valence electrons. The number of fused-ring (bicyclic) bond motifs is 3. The van der Waals surface area contributed by atoms with Crippen LogP contribution < -0.4 is 0 Å². The minimum Gasteiger partial charge on any atom is -0.465 e. The normalized spacial score (nSPS) is 14.1. The van der Waals surface area contributed by atoms with Crippen LogP contribution in [-0.4, -0.2) is 35.4 Å². The Morgan fingerprint density at radius 3 is 2.83 bits per heavy atom. The molecular formula is C19H24N2O3. The monoisotopic (exact) mass is 328 g/mol. The molecule has 0 radical (unpaired) electrons. The molecule has 1 aliphatic heterocycles. The summed E-state index contributed by atoms with van der Waals surface area (Å²) in [6.07, 6.45) is 2.34. The number of aromatic amines is 1. The largest absolute Gasteiger partial charge is 0.465 e. The van der Waals surface area contributed by atoms with E-state index in [9.17, 15) is 9.59 Å². The van der Waals surface area contributed by atoms with E-state index in [0.29, 0.717) is 24.4 Å². The summed E-state index contributed by atoms with van der Waals surface area (Å²) in [5.41, 5.74) is 3.83. The van der Waals surface area contributed by atoms with E-state index < -0.39 is 0 Å².